The van der Waals surface area contributed by atoms with Gasteiger partial charge in [-0.2, -0.15) is 8.42 Å². The van der Waals surface area contributed by atoms with Crippen LogP contribution in [0.4, 0.5) is 3.89 Å². The molecule has 0 unspecified atom stereocenters. The van der Waals surface area contributed by atoms with E-state index in [2.05, 4.69) is 4.74 Å². The van der Waals surface area contributed by atoms with Crippen LogP contribution in [0.1, 0.15) is 6.42 Å². The molecule has 0 aliphatic rings. The Hall–Kier alpha value is -0.160. The van der Waals surface area contributed by atoms with E-state index in [9.17, 15) is 12.3 Å². The second-order valence-electron chi connectivity index (χ2n) is 1.59. The molecule has 0 aromatic heterocycles. The number of hydrogen-bond donors (Lipinski definition) is 0. The minimum absolute atomic E-state index is 0.218. The Kier molecular flexibility index (Phi) is 3.72. The summed E-state index contributed by atoms with van der Waals surface area (Å²) >= 11 is 0. The maximum atomic E-state index is 11.6. The van der Waals surface area contributed by atoms with Crippen molar-refractivity contribution in [3.63, 3.8) is 0 Å². The lowest BCUT2D eigenvalue weighted by molar-refractivity contribution is 0.199. The van der Waals surface area contributed by atoms with Gasteiger partial charge in [0.15, 0.2) is 0 Å². The van der Waals surface area contributed by atoms with Gasteiger partial charge >= 0.3 is 10.2 Å². The lowest BCUT2D eigenvalue weighted by Crippen LogP contribution is -2.01. The second kappa shape index (κ2) is 3.79. The predicted octanol–water partition coefficient (Wildman–Crippen LogP) is 0.322. The van der Waals surface area contributed by atoms with Crippen molar-refractivity contribution in [2.24, 2.45) is 0 Å². The molecule has 0 aliphatic carbocycles. The summed E-state index contributed by atoms with van der Waals surface area (Å²) in [4.78, 5) is 0. The monoisotopic (exact) mass is 156 g/mol. The molecule has 0 aliphatic heterocycles. The Labute approximate surface area is 54.0 Å². The zero-order valence-corrected chi connectivity index (χ0v) is 5.95. The molecule has 0 heterocycles. The molecule has 0 aromatic carbocycles. The summed E-state index contributed by atoms with van der Waals surface area (Å²) in [7, 11) is -2.84. The topological polar surface area (TPSA) is 43.4 Å². The molecule has 56 valence electrons. The van der Waals surface area contributed by atoms with Crippen molar-refractivity contribution < 1.29 is 17.0 Å². The normalized spacial score (nSPS) is 11.8. The highest BCUT2D eigenvalue weighted by molar-refractivity contribution is 7.86. The molecule has 0 aromatic rings. The second-order valence-corrected chi connectivity index (χ2v) is 3.08. The van der Waals surface area contributed by atoms with Gasteiger partial charge in [0.2, 0.25) is 0 Å². The quantitative estimate of drug-likeness (QED) is 0.435. The SMILES string of the molecule is COCCCS(=O)(=O)F. The average molecular weight is 156 g/mol. The van der Waals surface area contributed by atoms with Gasteiger partial charge in [-0.15, -0.1) is 3.89 Å². The van der Waals surface area contributed by atoms with Crippen LogP contribution in [-0.4, -0.2) is 27.9 Å². The number of rotatable bonds is 4. The van der Waals surface area contributed by atoms with Gasteiger partial charge in [0.25, 0.3) is 0 Å². The summed E-state index contributed by atoms with van der Waals surface area (Å²) in [5.74, 6) is -0.444. The minimum atomic E-state index is -4.28. The van der Waals surface area contributed by atoms with Crippen LogP contribution >= 0.6 is 0 Å². The Bertz CT molecular complexity index is 151. The highest BCUT2D eigenvalue weighted by Gasteiger charge is 2.04. The van der Waals surface area contributed by atoms with Crippen LogP contribution in [0, 0.1) is 0 Å². The van der Waals surface area contributed by atoms with Gasteiger partial charge in [-0.1, -0.05) is 0 Å². The van der Waals surface area contributed by atoms with Crippen LogP contribution in [0.5, 0.6) is 0 Å². The van der Waals surface area contributed by atoms with E-state index in [0.717, 1.165) is 0 Å². The highest BCUT2D eigenvalue weighted by atomic mass is 32.3. The standard InChI is InChI=1S/C4H9FO3S/c1-8-3-2-4-9(5,6)7/h2-4H2,1H3. The summed E-state index contributed by atoms with van der Waals surface area (Å²) in [6.07, 6.45) is 0.218. The fraction of sp³-hybridized carbons (Fsp3) is 1.00. The van der Waals surface area contributed by atoms with Crippen molar-refractivity contribution in [1.82, 2.24) is 0 Å². The zero-order valence-electron chi connectivity index (χ0n) is 5.13. The Morgan fingerprint density at radius 1 is 1.56 bits per heavy atom. The summed E-state index contributed by atoms with van der Waals surface area (Å²) in [5.41, 5.74) is 0. The van der Waals surface area contributed by atoms with Crippen LogP contribution in [0.3, 0.4) is 0 Å². The minimum Gasteiger partial charge on any atom is -0.385 e. The van der Waals surface area contributed by atoms with Gasteiger partial charge in [0.1, 0.15) is 0 Å². The molecular weight excluding hydrogens is 147 g/mol. The Morgan fingerprint density at radius 3 is 2.44 bits per heavy atom. The van der Waals surface area contributed by atoms with Gasteiger partial charge in [-0.25, -0.2) is 0 Å². The van der Waals surface area contributed by atoms with Crippen LogP contribution in [0.15, 0.2) is 0 Å². The van der Waals surface area contributed by atoms with Crippen LogP contribution in [0.25, 0.3) is 0 Å². The molecule has 0 bridgehead atoms. The van der Waals surface area contributed by atoms with Crippen molar-refractivity contribution in [2.45, 2.75) is 6.42 Å². The summed E-state index contributed by atoms with van der Waals surface area (Å²) in [6, 6.07) is 0. The van der Waals surface area contributed by atoms with Gasteiger partial charge < -0.3 is 4.74 Å². The maximum Gasteiger partial charge on any atom is 0.302 e. The molecule has 3 nitrogen and oxygen atoms in total. The summed E-state index contributed by atoms with van der Waals surface area (Å²) in [5, 5.41) is 0. The molecular formula is C4H9FO3S. The van der Waals surface area contributed by atoms with E-state index in [-0.39, 0.29) is 13.0 Å². The average Bonchev–Trinajstić information content (AvgIpc) is 1.63. The molecule has 0 radical (unpaired) electrons. The third-order valence-corrected chi connectivity index (χ3v) is 1.51. The first-order valence-electron chi connectivity index (χ1n) is 2.47. The van der Waals surface area contributed by atoms with E-state index in [1.807, 2.05) is 0 Å². The number of halogens is 1. The van der Waals surface area contributed by atoms with E-state index in [1.54, 1.807) is 0 Å². The lowest BCUT2D eigenvalue weighted by atomic mass is 10.5. The molecule has 0 amide bonds. The van der Waals surface area contributed by atoms with Crippen molar-refractivity contribution >= 4 is 10.2 Å². The van der Waals surface area contributed by atoms with E-state index < -0.39 is 16.0 Å². The smallest absolute Gasteiger partial charge is 0.302 e. The first-order chi connectivity index (χ1) is 4.06. The van der Waals surface area contributed by atoms with Crippen molar-refractivity contribution in [3.8, 4) is 0 Å². The van der Waals surface area contributed by atoms with E-state index in [0.29, 0.717) is 0 Å². The molecule has 9 heavy (non-hydrogen) atoms. The molecule has 5 heteroatoms. The molecule has 0 saturated carbocycles. The lowest BCUT2D eigenvalue weighted by Gasteiger charge is -1.92. The van der Waals surface area contributed by atoms with Gasteiger partial charge in [0.05, 0.1) is 5.75 Å². The molecule has 0 spiro atoms. The number of ether oxygens (including phenoxy) is 1. The number of methoxy groups -OCH3 is 1. The molecule has 0 fully saturated rings. The summed E-state index contributed by atoms with van der Waals surface area (Å²) < 4.78 is 35.7. The van der Waals surface area contributed by atoms with Gasteiger partial charge in [-0.05, 0) is 6.42 Å². The van der Waals surface area contributed by atoms with E-state index in [4.69, 9.17) is 0 Å². The van der Waals surface area contributed by atoms with Crippen molar-refractivity contribution in [3.05, 3.63) is 0 Å². The Morgan fingerprint density at radius 2 is 2.11 bits per heavy atom. The van der Waals surface area contributed by atoms with Crippen LogP contribution < -0.4 is 0 Å². The van der Waals surface area contributed by atoms with E-state index >= 15 is 0 Å². The van der Waals surface area contributed by atoms with Gasteiger partial charge in [0, 0.05) is 13.7 Å². The first kappa shape index (κ1) is 8.84. The molecule has 0 rings (SSSR count). The fourth-order valence-corrected chi connectivity index (χ4v) is 0.838. The predicted molar refractivity (Wildman–Crippen MR) is 31.4 cm³/mol. The molecule has 0 atom stereocenters. The third kappa shape index (κ3) is 7.84. The zero-order chi connectivity index (χ0) is 7.33. The third-order valence-electron chi connectivity index (χ3n) is 0.737. The molecule has 0 N–H and O–H groups in total. The fourth-order valence-electron chi connectivity index (χ4n) is 0.376. The molecule has 0 saturated heterocycles. The van der Waals surface area contributed by atoms with E-state index in [1.165, 1.54) is 7.11 Å². The maximum absolute atomic E-state index is 11.6. The number of hydrogen-bond acceptors (Lipinski definition) is 3. The first-order valence-corrected chi connectivity index (χ1v) is 4.03. The van der Waals surface area contributed by atoms with Crippen LogP contribution in [-0.2, 0) is 15.0 Å². The highest BCUT2D eigenvalue weighted by Crippen LogP contribution is 1.93. The van der Waals surface area contributed by atoms with Gasteiger partial charge in [-0.3, -0.25) is 0 Å². The van der Waals surface area contributed by atoms with Crippen LogP contribution in [0.2, 0.25) is 0 Å². The Balaban J connectivity index is 3.30. The van der Waals surface area contributed by atoms with Crippen molar-refractivity contribution in [2.75, 3.05) is 19.5 Å². The largest absolute Gasteiger partial charge is 0.385 e. The summed E-state index contributed by atoms with van der Waals surface area (Å²) in [6.45, 7) is 0.281. The van der Waals surface area contributed by atoms with Crippen molar-refractivity contribution in [1.29, 1.82) is 0 Å².